The van der Waals surface area contributed by atoms with Gasteiger partial charge in [-0.15, -0.1) is 0 Å². The first-order chi connectivity index (χ1) is 17.5. The van der Waals surface area contributed by atoms with Crippen LogP contribution in [0.2, 0.25) is 0 Å². The molecule has 1 amide bonds. The Morgan fingerprint density at radius 3 is 2.49 bits per heavy atom. The van der Waals surface area contributed by atoms with Crippen molar-refractivity contribution >= 4 is 17.6 Å². The second kappa shape index (κ2) is 10.5. The summed E-state index contributed by atoms with van der Waals surface area (Å²) in [5.74, 6) is 0.979. The first-order valence-electron chi connectivity index (χ1n) is 12.8. The Bertz CT molecular complexity index is 1190. The summed E-state index contributed by atoms with van der Waals surface area (Å²) in [7, 11) is 2.10. The molecule has 8 nitrogen and oxygen atoms in total. The second-order valence-electron chi connectivity index (χ2n) is 11.1. The topological polar surface area (TPSA) is 90.7 Å². The SMILES string of the molecule is CCc1cnc(Nc2ccc(C#N)cc2F)c(C)c1OC1C2CN(C)CC1CN(C(=O)OC(C)(C)C)C2. The number of carbonyl (C=O) groups is 1. The van der Waals surface area contributed by atoms with Crippen LogP contribution in [0.4, 0.5) is 20.7 Å². The van der Waals surface area contributed by atoms with Gasteiger partial charge in [0.25, 0.3) is 0 Å². The molecule has 198 valence electrons. The summed E-state index contributed by atoms with van der Waals surface area (Å²) in [5.41, 5.74) is 1.73. The molecule has 0 spiro atoms. The highest BCUT2D eigenvalue weighted by atomic mass is 19.1. The number of piperidine rings is 2. The van der Waals surface area contributed by atoms with Crippen LogP contribution < -0.4 is 10.1 Å². The molecule has 2 atom stereocenters. The van der Waals surface area contributed by atoms with E-state index < -0.39 is 11.4 Å². The van der Waals surface area contributed by atoms with Crippen LogP contribution in [0.5, 0.6) is 5.75 Å². The van der Waals surface area contributed by atoms with Gasteiger partial charge in [-0.3, -0.25) is 0 Å². The molecule has 1 N–H and O–H groups in total. The molecule has 9 heteroatoms. The molecule has 2 aliphatic heterocycles. The van der Waals surface area contributed by atoms with Gasteiger partial charge < -0.3 is 24.6 Å². The number of nitrogens with zero attached hydrogens (tertiary/aromatic N) is 4. The molecule has 0 radical (unpaired) electrons. The molecule has 3 heterocycles. The van der Waals surface area contributed by atoms with Crippen LogP contribution in [-0.4, -0.2) is 65.8 Å². The van der Waals surface area contributed by atoms with E-state index >= 15 is 0 Å². The van der Waals surface area contributed by atoms with Crippen molar-refractivity contribution in [2.75, 3.05) is 38.5 Å². The van der Waals surface area contributed by atoms with Gasteiger partial charge in [-0.25, -0.2) is 14.2 Å². The minimum absolute atomic E-state index is 0.0687. The lowest BCUT2D eigenvalue weighted by Gasteiger charge is -2.49. The Morgan fingerprint density at radius 2 is 1.92 bits per heavy atom. The van der Waals surface area contributed by atoms with Gasteiger partial charge in [0.2, 0.25) is 0 Å². The van der Waals surface area contributed by atoms with E-state index in [0.29, 0.717) is 18.9 Å². The van der Waals surface area contributed by atoms with Crippen LogP contribution in [0.15, 0.2) is 24.4 Å². The zero-order chi connectivity index (χ0) is 26.9. The minimum Gasteiger partial charge on any atom is -0.489 e. The number of fused-ring (bicyclic) bond motifs is 2. The quantitative estimate of drug-likeness (QED) is 0.614. The first-order valence-corrected chi connectivity index (χ1v) is 12.8. The van der Waals surface area contributed by atoms with Crippen molar-refractivity contribution in [2.45, 2.75) is 52.7 Å². The number of halogens is 1. The fourth-order valence-corrected chi connectivity index (χ4v) is 5.24. The molecule has 1 aromatic heterocycles. The summed E-state index contributed by atoms with van der Waals surface area (Å²) in [6.45, 7) is 12.4. The number of hydrogen-bond acceptors (Lipinski definition) is 7. The summed E-state index contributed by atoms with van der Waals surface area (Å²) < 4.78 is 27.0. The van der Waals surface area contributed by atoms with Crippen LogP contribution in [0.3, 0.4) is 0 Å². The Kier molecular flexibility index (Phi) is 7.60. The summed E-state index contributed by atoms with van der Waals surface area (Å²) >= 11 is 0. The summed E-state index contributed by atoms with van der Waals surface area (Å²) in [6, 6.07) is 6.25. The fourth-order valence-electron chi connectivity index (χ4n) is 5.24. The molecule has 0 aliphatic carbocycles. The third-order valence-electron chi connectivity index (χ3n) is 6.91. The van der Waals surface area contributed by atoms with Crippen LogP contribution >= 0.6 is 0 Å². The highest BCUT2D eigenvalue weighted by Crippen LogP contribution is 2.37. The van der Waals surface area contributed by atoms with E-state index in [-0.39, 0.29) is 35.3 Å². The number of anilines is 2. The Morgan fingerprint density at radius 1 is 1.24 bits per heavy atom. The first kappa shape index (κ1) is 26.7. The number of ether oxygens (including phenoxy) is 2. The molecule has 2 unspecified atom stereocenters. The fraction of sp³-hybridized carbons (Fsp3) is 0.536. The lowest BCUT2D eigenvalue weighted by Crippen LogP contribution is -2.62. The van der Waals surface area contributed by atoms with Gasteiger partial charge in [0.1, 0.15) is 29.1 Å². The number of nitriles is 1. The van der Waals surface area contributed by atoms with Crippen molar-refractivity contribution in [1.29, 1.82) is 5.26 Å². The van der Waals surface area contributed by atoms with Crippen LogP contribution in [0.25, 0.3) is 0 Å². The van der Waals surface area contributed by atoms with Crippen molar-refractivity contribution in [1.82, 2.24) is 14.8 Å². The van der Waals surface area contributed by atoms with Crippen LogP contribution in [0.1, 0.15) is 44.4 Å². The number of hydrogen-bond donors (Lipinski definition) is 1. The molecular formula is C28H36FN5O3. The molecule has 2 bridgehead atoms. The predicted molar refractivity (Wildman–Crippen MR) is 139 cm³/mol. The van der Waals surface area contributed by atoms with Gasteiger partial charge in [-0.05, 0) is 59.4 Å². The van der Waals surface area contributed by atoms with E-state index in [1.807, 2.05) is 38.7 Å². The van der Waals surface area contributed by atoms with Crippen LogP contribution in [0, 0.1) is 35.9 Å². The van der Waals surface area contributed by atoms with Crippen molar-refractivity contribution in [2.24, 2.45) is 11.8 Å². The minimum atomic E-state index is -0.543. The molecule has 4 rings (SSSR count). The third kappa shape index (κ3) is 5.96. The zero-order valence-electron chi connectivity index (χ0n) is 22.5. The molecule has 2 saturated heterocycles. The van der Waals surface area contributed by atoms with Crippen molar-refractivity contribution in [3.05, 3.63) is 46.9 Å². The third-order valence-corrected chi connectivity index (χ3v) is 6.91. The number of aromatic nitrogens is 1. The number of likely N-dealkylation sites (tertiary alicyclic amines) is 2. The molecule has 37 heavy (non-hydrogen) atoms. The monoisotopic (exact) mass is 509 g/mol. The molecule has 2 fully saturated rings. The zero-order valence-corrected chi connectivity index (χ0v) is 22.5. The second-order valence-corrected chi connectivity index (χ2v) is 11.1. The maximum atomic E-state index is 14.6. The van der Waals surface area contributed by atoms with E-state index in [4.69, 9.17) is 14.7 Å². The van der Waals surface area contributed by atoms with E-state index in [9.17, 15) is 9.18 Å². The largest absolute Gasteiger partial charge is 0.489 e. The van der Waals surface area contributed by atoms with E-state index in [1.54, 1.807) is 12.3 Å². The number of carbonyl (C=O) groups excluding carboxylic acids is 1. The van der Waals surface area contributed by atoms with Crippen LogP contribution in [-0.2, 0) is 11.2 Å². The van der Waals surface area contributed by atoms with Gasteiger partial charge in [0.15, 0.2) is 0 Å². The summed E-state index contributed by atoms with van der Waals surface area (Å²) in [5, 5.41) is 12.1. The lowest BCUT2D eigenvalue weighted by molar-refractivity contribution is -0.0641. The van der Waals surface area contributed by atoms with Gasteiger partial charge in [-0.2, -0.15) is 5.26 Å². The van der Waals surface area contributed by atoms with Crippen molar-refractivity contribution < 1.29 is 18.7 Å². The predicted octanol–water partition coefficient (Wildman–Crippen LogP) is 4.88. The molecule has 0 saturated carbocycles. The van der Waals surface area contributed by atoms with E-state index in [1.165, 1.54) is 12.1 Å². The number of amides is 1. The average Bonchev–Trinajstić information content (AvgIpc) is 2.81. The Balaban J connectivity index is 1.58. The molecular weight excluding hydrogens is 473 g/mol. The van der Waals surface area contributed by atoms with Gasteiger partial charge in [0, 0.05) is 55.3 Å². The summed E-state index contributed by atoms with van der Waals surface area (Å²) in [6.07, 6.45) is 2.15. The van der Waals surface area contributed by atoms with E-state index in [2.05, 4.69) is 29.2 Å². The Hall–Kier alpha value is -3.38. The molecule has 1 aromatic carbocycles. The Labute approximate surface area is 218 Å². The smallest absolute Gasteiger partial charge is 0.410 e. The van der Waals surface area contributed by atoms with Crippen molar-refractivity contribution in [3.8, 4) is 11.8 Å². The highest BCUT2D eigenvalue weighted by molar-refractivity contribution is 5.68. The number of aryl methyl sites for hydroxylation is 1. The standard InChI is InChI=1S/C28H36FN5O3/c1-7-19-12-31-26(32-23-9-8-18(11-30)10-22(23)29)17(2)24(19)36-25-20-13-33(6)14-21(25)16-34(15-20)27(35)37-28(3,4)5/h8-10,12,20-21,25H,7,13-16H2,1-6H3,(H,31,32). The van der Waals surface area contributed by atoms with Gasteiger partial charge in [0.05, 0.1) is 17.3 Å². The molecule has 2 aliphatic rings. The highest BCUT2D eigenvalue weighted by Gasteiger charge is 2.45. The van der Waals surface area contributed by atoms with Gasteiger partial charge >= 0.3 is 6.09 Å². The molecule has 2 aromatic rings. The van der Waals surface area contributed by atoms with E-state index in [0.717, 1.165) is 36.4 Å². The maximum absolute atomic E-state index is 14.6. The number of pyridine rings is 1. The van der Waals surface area contributed by atoms with Crippen molar-refractivity contribution in [3.63, 3.8) is 0 Å². The number of nitrogens with one attached hydrogen (secondary N) is 1. The van der Waals surface area contributed by atoms with Gasteiger partial charge in [-0.1, -0.05) is 6.92 Å². The number of benzene rings is 1. The normalized spacial score (nSPS) is 21.8. The summed E-state index contributed by atoms with van der Waals surface area (Å²) in [4.78, 5) is 21.5. The lowest BCUT2D eigenvalue weighted by atomic mass is 9.81. The maximum Gasteiger partial charge on any atom is 0.410 e. The number of rotatable bonds is 5. The average molecular weight is 510 g/mol.